The van der Waals surface area contributed by atoms with Crippen molar-refractivity contribution in [2.75, 3.05) is 4.90 Å². The summed E-state index contributed by atoms with van der Waals surface area (Å²) < 4.78 is 5.19. The summed E-state index contributed by atoms with van der Waals surface area (Å²) in [7, 11) is 0. The fraction of sp³-hybridized carbons (Fsp3) is 0.0172. The summed E-state index contributed by atoms with van der Waals surface area (Å²) in [6, 6.07) is 81.1. The summed E-state index contributed by atoms with van der Waals surface area (Å²) in [5.74, 6) is 0.977. The summed E-state index contributed by atoms with van der Waals surface area (Å²) >= 11 is 1.47. The summed E-state index contributed by atoms with van der Waals surface area (Å²) in [4.78, 5) is 6.64. The van der Waals surface area contributed by atoms with E-state index in [4.69, 9.17) is 3.79 Å². The Morgan fingerprint density at radius 1 is 0.387 bits per heavy atom. The van der Waals surface area contributed by atoms with Crippen molar-refractivity contribution in [1.29, 1.82) is 0 Å². The average Bonchev–Trinajstić information content (AvgIpc) is 3.56. The van der Waals surface area contributed by atoms with Crippen molar-refractivity contribution in [3.63, 3.8) is 0 Å². The van der Waals surface area contributed by atoms with Crippen LogP contribution in [0.25, 0.3) is 66.5 Å². The molecule has 1 aliphatic heterocycles. The third-order valence-electron chi connectivity index (χ3n) is 12.3. The Morgan fingerprint density at radius 3 is 1.35 bits per heavy atom. The van der Waals surface area contributed by atoms with Gasteiger partial charge in [0.05, 0.1) is 11.4 Å². The van der Waals surface area contributed by atoms with E-state index < -0.39 is 0 Å². The Morgan fingerprint density at radius 2 is 0.823 bits per heavy atom. The van der Waals surface area contributed by atoms with Gasteiger partial charge in [-0.15, -0.1) is 0 Å². The van der Waals surface area contributed by atoms with Crippen LogP contribution in [-0.2, 0) is 0 Å². The van der Waals surface area contributed by atoms with Gasteiger partial charge in [0.25, 0.3) is 0 Å². The lowest BCUT2D eigenvalue weighted by molar-refractivity contribution is 0.622. The van der Waals surface area contributed by atoms with E-state index in [2.05, 4.69) is 204 Å². The van der Waals surface area contributed by atoms with Gasteiger partial charge < -0.3 is 8.69 Å². The van der Waals surface area contributed by atoms with Gasteiger partial charge in [0, 0.05) is 34.3 Å². The monoisotopic (exact) mass is 807 g/mol. The van der Waals surface area contributed by atoms with E-state index >= 15 is 0 Å². The molecule has 2 heterocycles. The van der Waals surface area contributed by atoms with Gasteiger partial charge in [-0.1, -0.05) is 188 Å². The number of benzene rings is 9. The van der Waals surface area contributed by atoms with Crippen molar-refractivity contribution < 1.29 is 3.79 Å². The third kappa shape index (κ3) is 6.58. The molecular formula is C58H40AlN2O. The minimum absolute atomic E-state index is 0.138. The van der Waals surface area contributed by atoms with Crippen molar-refractivity contribution >= 4 is 44.6 Å². The van der Waals surface area contributed by atoms with Gasteiger partial charge >= 0.3 is 16.6 Å². The van der Waals surface area contributed by atoms with Crippen LogP contribution >= 0.6 is 0 Å². The van der Waals surface area contributed by atoms with Gasteiger partial charge in [-0.2, -0.15) is 0 Å². The van der Waals surface area contributed by atoms with Crippen molar-refractivity contribution in [2.24, 2.45) is 0 Å². The maximum Gasteiger partial charge on any atom is 0.494 e. The number of rotatable bonds is 4. The third-order valence-corrected chi connectivity index (χ3v) is 12.6. The van der Waals surface area contributed by atoms with E-state index in [-0.39, 0.29) is 5.92 Å². The fourth-order valence-corrected chi connectivity index (χ4v) is 9.72. The number of para-hydroxylation sites is 3. The van der Waals surface area contributed by atoms with E-state index in [0.717, 1.165) is 22.3 Å². The average molecular weight is 808 g/mol. The van der Waals surface area contributed by atoms with Crippen molar-refractivity contribution in [2.45, 2.75) is 5.92 Å². The minimum atomic E-state index is 0.138. The van der Waals surface area contributed by atoms with Crippen LogP contribution in [-0.4, -0.2) is 21.6 Å². The number of nitrogens with zero attached hydrogens (tertiary/aromatic N) is 2. The molecule has 62 heavy (non-hydrogen) atoms. The largest absolute Gasteiger partial charge is 0.649 e. The first-order chi connectivity index (χ1) is 30.7. The highest BCUT2D eigenvalue weighted by Gasteiger charge is 2.28. The Labute approximate surface area is 371 Å². The SMILES string of the molecule is [AlH][O]c1cccc2cccnc12.c1ccc2c(c1)-c1ccccc1C(c1ccc(-c3ccc(N4c5ccccc5-c5ccccc5-c5ccccc54)cc3)cc1)c1ccccc1-2. The molecule has 1 aromatic heterocycles. The number of aromatic nitrogens is 1. The number of pyridine rings is 1. The van der Waals surface area contributed by atoms with Crippen LogP contribution in [0.3, 0.4) is 0 Å². The van der Waals surface area contributed by atoms with Crippen LogP contribution in [0, 0.1) is 0 Å². The first-order valence-corrected chi connectivity index (χ1v) is 21.6. The zero-order chi connectivity index (χ0) is 41.4. The van der Waals surface area contributed by atoms with Crippen molar-refractivity contribution in [3.8, 4) is 61.4 Å². The second kappa shape index (κ2) is 16.2. The summed E-state index contributed by atoms with van der Waals surface area (Å²) in [5, 5.41) is 1.11. The quantitative estimate of drug-likeness (QED) is 0.166. The molecule has 4 heteroatoms. The van der Waals surface area contributed by atoms with E-state index in [1.807, 2.05) is 30.3 Å². The molecule has 12 rings (SSSR count). The highest BCUT2D eigenvalue weighted by Crippen LogP contribution is 2.51. The van der Waals surface area contributed by atoms with Gasteiger partial charge in [0.2, 0.25) is 0 Å². The van der Waals surface area contributed by atoms with E-state index in [9.17, 15) is 0 Å². The predicted molar refractivity (Wildman–Crippen MR) is 259 cm³/mol. The minimum Gasteiger partial charge on any atom is -0.649 e. The summed E-state index contributed by atoms with van der Waals surface area (Å²) in [6.45, 7) is 0. The highest BCUT2D eigenvalue weighted by molar-refractivity contribution is 6.03. The second-order valence-electron chi connectivity index (χ2n) is 15.7. The zero-order valence-corrected chi connectivity index (χ0v) is 35.4. The predicted octanol–water partition coefficient (Wildman–Crippen LogP) is 14.7. The highest BCUT2D eigenvalue weighted by atomic mass is 27.1. The lowest BCUT2D eigenvalue weighted by atomic mass is 9.82. The molecule has 0 unspecified atom stereocenters. The van der Waals surface area contributed by atoms with Gasteiger partial charge in [0.15, 0.2) is 0 Å². The second-order valence-corrected chi connectivity index (χ2v) is 16.0. The molecule has 0 saturated carbocycles. The van der Waals surface area contributed by atoms with E-state index in [0.29, 0.717) is 0 Å². The molecule has 291 valence electrons. The first kappa shape index (κ1) is 37.5. The van der Waals surface area contributed by atoms with Crippen LogP contribution in [0.15, 0.2) is 231 Å². The normalized spacial score (nSPS) is 12.2. The molecule has 0 fully saturated rings. The topological polar surface area (TPSA) is 25.4 Å². The molecule has 1 radical (unpaired) electrons. The number of anilines is 3. The Bertz CT molecular complexity index is 2930. The first-order valence-electron chi connectivity index (χ1n) is 21.1. The van der Waals surface area contributed by atoms with Crippen molar-refractivity contribution in [1.82, 2.24) is 4.98 Å². The molecule has 1 aliphatic carbocycles. The molecule has 10 aromatic rings. The van der Waals surface area contributed by atoms with Gasteiger partial charge in [-0.3, -0.25) is 4.98 Å². The lowest BCUT2D eigenvalue weighted by Crippen LogP contribution is -2.10. The Balaban J connectivity index is 0.000000311. The van der Waals surface area contributed by atoms with Crippen LogP contribution in [0.5, 0.6) is 5.75 Å². The van der Waals surface area contributed by atoms with Crippen LogP contribution < -0.4 is 8.69 Å². The number of hydrogen-bond acceptors (Lipinski definition) is 3. The molecule has 0 saturated heterocycles. The standard InChI is InChI=1S/C49H33N.C9H7NO.Al.H/c1-2-14-38-37(13-1)41-17-5-7-21-45(41)49(46-22-8-6-18-42(38)46)35-27-25-33(26-28-35)34-29-31-36(32-30-34)50-47-23-11-9-19-43(47)39-15-3-4-16-40(39)44-20-10-12-24-48(44)50;11-8-5-1-3-7-4-2-6-10-9(7)8;;/h1-32,49H;1-6,11H;;/q;;+1;/p-1. The molecule has 0 spiro atoms. The molecule has 9 aromatic carbocycles. The van der Waals surface area contributed by atoms with Crippen LogP contribution in [0.2, 0.25) is 0 Å². The number of fused-ring (bicyclic) bond motifs is 11. The zero-order valence-electron chi connectivity index (χ0n) is 34.0. The number of hydrogen-bond donors (Lipinski definition) is 0. The smallest absolute Gasteiger partial charge is 0.494 e. The van der Waals surface area contributed by atoms with Gasteiger partial charge in [0.1, 0.15) is 11.3 Å². The van der Waals surface area contributed by atoms with Crippen LogP contribution in [0.4, 0.5) is 17.1 Å². The maximum absolute atomic E-state index is 5.19. The molecular weight excluding hydrogens is 768 g/mol. The van der Waals surface area contributed by atoms with E-state index in [1.54, 1.807) is 6.20 Å². The molecule has 0 N–H and O–H groups in total. The molecule has 2 aliphatic rings. The molecule has 0 amide bonds. The van der Waals surface area contributed by atoms with Gasteiger partial charge in [-0.05, 0) is 97.6 Å². The molecule has 0 atom stereocenters. The molecule has 3 nitrogen and oxygen atoms in total. The maximum atomic E-state index is 5.19. The summed E-state index contributed by atoms with van der Waals surface area (Å²) in [6.07, 6.45) is 1.77. The van der Waals surface area contributed by atoms with Crippen LogP contribution in [0.1, 0.15) is 22.6 Å². The Kier molecular flexibility index (Phi) is 9.79. The van der Waals surface area contributed by atoms with Gasteiger partial charge in [-0.25, -0.2) is 0 Å². The fourth-order valence-electron chi connectivity index (χ4n) is 9.48. The van der Waals surface area contributed by atoms with E-state index in [1.165, 1.54) is 100 Å². The lowest BCUT2D eigenvalue weighted by Gasteiger charge is -2.27. The summed E-state index contributed by atoms with van der Waals surface area (Å²) in [5.41, 5.74) is 21.1. The van der Waals surface area contributed by atoms with Crippen molar-refractivity contribution in [3.05, 3.63) is 247 Å². The Hall–Kier alpha value is -7.48. The molecule has 0 bridgehead atoms.